The first kappa shape index (κ1) is 50.6. The number of ether oxygens (including phenoxy) is 2. The molecule has 2 rings (SSSR count). The summed E-state index contributed by atoms with van der Waals surface area (Å²) in [4.78, 5) is 27.0. The Kier molecular flexibility index (Phi) is 25.7. The Hall–Kier alpha value is 1.47. The van der Waals surface area contributed by atoms with Gasteiger partial charge in [0.2, 0.25) is 43.0 Å². The van der Waals surface area contributed by atoms with Gasteiger partial charge in [-0.05, 0) is 12.8 Å². The van der Waals surface area contributed by atoms with Crippen LogP contribution in [0.5, 0.6) is 0 Å². The molecule has 18 nitrogen and oxygen atoms in total. The van der Waals surface area contributed by atoms with E-state index in [0.29, 0.717) is 12.8 Å². The fourth-order valence-electron chi connectivity index (χ4n) is 5.35. The quantitative estimate of drug-likeness (QED) is 0.110. The van der Waals surface area contributed by atoms with Crippen LogP contribution >= 0.6 is 0 Å². The molecular weight excluding hydrogens is 725 g/mol. The van der Waals surface area contributed by atoms with Gasteiger partial charge in [-0.25, -0.2) is 25.3 Å². The van der Waals surface area contributed by atoms with Crippen LogP contribution in [-0.2, 0) is 62.8 Å². The number of carbonyl (C=O) groups is 2. The van der Waals surface area contributed by atoms with Gasteiger partial charge in [-0.2, -0.15) is 0 Å². The standard InChI is InChI=1S/C23H42N2O16S3.3Na/c1-16(26)25(17-12-10-8-6-4-3-5-7-9-11-13-17)15-19(27)24-14-18-20(39-42(28,29)30)21(40-43(31,32)33)22(23(37-2)38-18)41-44(34,35)36;;;/h17-18,20-23H,3-15H2,1-2H3,(H,24,27)(H,28,29,30)(H,31,32,33)(H,34,35,36);;;/q;3*+1/p-3/t18-,20-,21+,22+,23+;;;/m1.../s1. The second-order valence-electron chi connectivity index (χ2n) is 10.6. The van der Waals surface area contributed by atoms with Gasteiger partial charge in [0.05, 0.1) is 6.54 Å². The fraction of sp³-hybridized carbons (Fsp3) is 0.913. The summed E-state index contributed by atoms with van der Waals surface area (Å²) in [6, 6.07) is -0.227. The van der Waals surface area contributed by atoms with Crippen LogP contribution in [0, 0.1) is 0 Å². The average Bonchev–Trinajstić information content (AvgIpc) is 2.87. The van der Waals surface area contributed by atoms with E-state index in [9.17, 15) is 48.5 Å². The zero-order chi connectivity index (χ0) is 33.1. The summed E-state index contributed by atoms with van der Waals surface area (Å²) in [6.45, 7) is 0.154. The Balaban J connectivity index is 0. The molecule has 258 valence electrons. The summed E-state index contributed by atoms with van der Waals surface area (Å²) in [6.07, 6.45) is -0.655. The minimum Gasteiger partial charge on any atom is -0.726 e. The van der Waals surface area contributed by atoms with E-state index in [0.717, 1.165) is 58.5 Å². The van der Waals surface area contributed by atoms with Gasteiger partial charge in [-0.3, -0.25) is 22.1 Å². The normalized spacial score (nSPS) is 25.3. The molecule has 0 aromatic rings. The first-order chi connectivity index (χ1) is 20.4. The molecule has 1 saturated heterocycles. The summed E-state index contributed by atoms with van der Waals surface area (Å²) < 4.78 is 125. The van der Waals surface area contributed by atoms with Crippen molar-refractivity contribution in [2.24, 2.45) is 0 Å². The van der Waals surface area contributed by atoms with Crippen molar-refractivity contribution in [3.63, 3.8) is 0 Å². The molecule has 1 N–H and O–H groups in total. The summed E-state index contributed by atoms with van der Waals surface area (Å²) in [5.74, 6) is -1.13. The summed E-state index contributed by atoms with van der Waals surface area (Å²) >= 11 is 0. The Labute approximate surface area is 343 Å². The van der Waals surface area contributed by atoms with Crippen LogP contribution < -0.4 is 94.0 Å². The largest absolute Gasteiger partial charge is 1.00 e. The number of hydrogen-bond acceptors (Lipinski definition) is 16. The molecule has 0 unspecified atom stereocenters. The number of amides is 2. The molecule has 5 atom stereocenters. The minimum absolute atomic E-state index is 0. The van der Waals surface area contributed by atoms with E-state index < -0.39 is 80.9 Å². The first-order valence-corrected chi connectivity index (χ1v) is 18.0. The molecule has 0 radical (unpaired) electrons. The summed E-state index contributed by atoms with van der Waals surface area (Å²) in [5.41, 5.74) is 0. The topological polar surface area (TPSA) is 267 Å². The van der Waals surface area contributed by atoms with Crippen molar-refractivity contribution < 1.29 is 159 Å². The fourth-order valence-corrected chi connectivity index (χ4v) is 6.81. The predicted molar refractivity (Wildman–Crippen MR) is 144 cm³/mol. The number of methoxy groups -OCH3 is 1. The number of carbonyl (C=O) groups excluding carboxylic acids is 2. The van der Waals surface area contributed by atoms with E-state index in [1.807, 2.05) is 0 Å². The Morgan fingerprint density at radius 1 is 0.723 bits per heavy atom. The van der Waals surface area contributed by atoms with Crippen molar-refractivity contribution in [2.45, 2.75) is 114 Å². The van der Waals surface area contributed by atoms with Crippen molar-refractivity contribution in [1.29, 1.82) is 0 Å². The van der Waals surface area contributed by atoms with Gasteiger partial charge in [0.25, 0.3) is 0 Å². The minimum atomic E-state index is -5.79. The van der Waals surface area contributed by atoms with Crippen molar-refractivity contribution >= 4 is 43.0 Å². The van der Waals surface area contributed by atoms with E-state index in [4.69, 9.17) is 9.47 Å². The number of hydrogen-bond donors (Lipinski definition) is 1. The third kappa shape index (κ3) is 20.3. The maximum Gasteiger partial charge on any atom is 1.00 e. The Morgan fingerprint density at radius 2 is 1.13 bits per heavy atom. The number of nitrogens with one attached hydrogen (secondary N) is 1. The Morgan fingerprint density at radius 3 is 1.53 bits per heavy atom. The summed E-state index contributed by atoms with van der Waals surface area (Å²) in [5, 5.41) is 2.36. The molecule has 1 saturated carbocycles. The zero-order valence-electron chi connectivity index (χ0n) is 27.4. The van der Waals surface area contributed by atoms with Gasteiger partial charge in [0.15, 0.2) is 12.4 Å². The zero-order valence-corrected chi connectivity index (χ0v) is 35.8. The average molecular weight is 765 g/mol. The molecule has 1 aliphatic heterocycles. The van der Waals surface area contributed by atoms with Crippen LogP contribution in [0.4, 0.5) is 0 Å². The van der Waals surface area contributed by atoms with Crippen LogP contribution in [0.1, 0.15) is 77.6 Å². The number of nitrogens with zero attached hydrogens (tertiary/aromatic N) is 1. The SMILES string of the molecule is CO[C@H]1O[C@H](CNC(=O)CN(C(C)=O)C2CCCCCCCCCCC2)[C@@H](OS(=O)(=O)[O-])[C@H](OS(=O)(=O)[O-])[C@@H]1OS(=O)(=O)[O-].[Na+].[Na+].[Na+]. The maximum atomic E-state index is 13.0. The molecule has 24 heteroatoms. The molecule has 0 aromatic heterocycles. The van der Waals surface area contributed by atoms with Gasteiger partial charge in [-0.1, -0.05) is 57.8 Å². The van der Waals surface area contributed by atoms with Crippen molar-refractivity contribution in [2.75, 3.05) is 20.2 Å². The molecule has 1 heterocycles. The first-order valence-electron chi connectivity index (χ1n) is 14.0. The third-order valence-corrected chi connectivity index (χ3v) is 8.62. The van der Waals surface area contributed by atoms with Crippen molar-refractivity contribution in [3.8, 4) is 0 Å². The van der Waals surface area contributed by atoms with Gasteiger partial charge in [0, 0.05) is 26.6 Å². The van der Waals surface area contributed by atoms with Crippen molar-refractivity contribution in [1.82, 2.24) is 10.2 Å². The molecule has 0 spiro atoms. The van der Waals surface area contributed by atoms with Crippen LogP contribution in [0.2, 0.25) is 0 Å². The van der Waals surface area contributed by atoms with E-state index in [-0.39, 0.29) is 101 Å². The summed E-state index contributed by atoms with van der Waals surface area (Å²) in [7, 11) is -16.3. The van der Waals surface area contributed by atoms with E-state index >= 15 is 0 Å². The Bertz CT molecular complexity index is 1260. The molecule has 1 aliphatic carbocycles. The van der Waals surface area contributed by atoms with Crippen LogP contribution in [0.3, 0.4) is 0 Å². The molecule has 0 aromatic carbocycles. The van der Waals surface area contributed by atoms with E-state index in [1.54, 1.807) is 0 Å². The second kappa shape index (κ2) is 23.9. The number of rotatable bonds is 12. The molecule has 0 bridgehead atoms. The van der Waals surface area contributed by atoms with Crippen LogP contribution in [-0.4, -0.2) is 113 Å². The monoisotopic (exact) mass is 764 g/mol. The molecule has 47 heavy (non-hydrogen) atoms. The van der Waals surface area contributed by atoms with Gasteiger partial charge < -0.3 is 33.3 Å². The smallest absolute Gasteiger partial charge is 0.726 e. The van der Waals surface area contributed by atoms with Gasteiger partial charge in [0.1, 0.15) is 18.3 Å². The molecule has 2 aliphatic rings. The predicted octanol–water partition coefficient (Wildman–Crippen LogP) is -9.46. The molecule has 2 amide bonds. The van der Waals surface area contributed by atoms with E-state index in [2.05, 4.69) is 17.9 Å². The van der Waals surface area contributed by atoms with Crippen LogP contribution in [0.15, 0.2) is 0 Å². The van der Waals surface area contributed by atoms with Crippen LogP contribution in [0.25, 0.3) is 0 Å². The second-order valence-corrected chi connectivity index (χ2v) is 13.6. The third-order valence-electron chi connectivity index (χ3n) is 7.24. The van der Waals surface area contributed by atoms with Gasteiger partial charge in [-0.15, -0.1) is 0 Å². The maximum absolute atomic E-state index is 13.0. The van der Waals surface area contributed by atoms with E-state index in [1.165, 1.54) is 18.2 Å². The van der Waals surface area contributed by atoms with Crippen molar-refractivity contribution in [3.05, 3.63) is 0 Å². The molecular formula is C23H39N2Na3O16S3. The van der Waals surface area contributed by atoms with Gasteiger partial charge >= 0.3 is 88.7 Å². The molecule has 2 fully saturated rings.